The number of carbonyl (C=O) groups excluding carboxylic acids is 1. The number of carbonyl (C=O) groups is 1. The second kappa shape index (κ2) is 6.94. The molecule has 4 heterocycles. The maximum atomic E-state index is 13.4. The number of benzene rings is 1. The number of H-pyrrole nitrogens is 1. The summed E-state index contributed by atoms with van der Waals surface area (Å²) in [6.07, 6.45) is 3.50. The second-order valence-corrected chi connectivity index (χ2v) is 9.40. The molecular weight excluding hydrogens is 476 g/mol. The zero-order chi connectivity index (χ0) is 22.1. The lowest BCUT2D eigenvalue weighted by molar-refractivity contribution is 0.0988. The zero-order valence-corrected chi connectivity index (χ0v) is 18.8. The molecule has 1 amide bonds. The molecule has 32 heavy (non-hydrogen) atoms. The van der Waals surface area contributed by atoms with Crippen molar-refractivity contribution in [3.8, 4) is 0 Å². The molecule has 1 unspecified atom stereocenters. The molecule has 1 aliphatic carbocycles. The molecule has 2 N–H and O–H groups in total. The van der Waals surface area contributed by atoms with E-state index in [1.807, 2.05) is 19.1 Å². The van der Waals surface area contributed by atoms with E-state index in [-0.39, 0.29) is 17.5 Å². The van der Waals surface area contributed by atoms with E-state index in [4.69, 9.17) is 0 Å². The minimum absolute atomic E-state index is 0.133. The van der Waals surface area contributed by atoms with Gasteiger partial charge in [-0.25, -0.2) is 4.98 Å². The van der Waals surface area contributed by atoms with Crippen LogP contribution in [0.3, 0.4) is 0 Å². The molecule has 1 atom stereocenters. The normalized spacial score (nSPS) is 16.7. The number of nitrogens with zero attached hydrogens (tertiary/aromatic N) is 5. The lowest BCUT2D eigenvalue weighted by Gasteiger charge is -2.18. The standard InChI is InChI=1S/C22H19BrN6O3/c1-10-6-16-15(25-21(31)20-27-26-19(29(16)20)17(30)11-2-3-11)8-14(10)22(32)28-5-4-12-7-13(23)9-24-18(12)28/h6-9,11,17,30H,2-5H2,1H3,(H,25,31). The maximum Gasteiger partial charge on any atom is 0.294 e. The largest absolute Gasteiger partial charge is 0.385 e. The molecule has 2 aliphatic rings. The third kappa shape index (κ3) is 2.90. The van der Waals surface area contributed by atoms with Crippen LogP contribution in [-0.2, 0) is 6.42 Å². The van der Waals surface area contributed by atoms with Gasteiger partial charge in [0.2, 0.25) is 5.65 Å². The zero-order valence-electron chi connectivity index (χ0n) is 17.2. The third-order valence-corrected chi connectivity index (χ3v) is 6.74. The van der Waals surface area contributed by atoms with Crippen LogP contribution in [-0.4, -0.2) is 42.1 Å². The fraction of sp³-hybridized carbons (Fsp3) is 0.318. The number of hydrogen-bond donors (Lipinski definition) is 2. The number of aromatic nitrogens is 5. The number of anilines is 1. The van der Waals surface area contributed by atoms with Gasteiger partial charge in [-0.2, -0.15) is 0 Å². The van der Waals surface area contributed by atoms with Gasteiger partial charge in [-0.1, -0.05) is 0 Å². The van der Waals surface area contributed by atoms with Crippen LogP contribution in [0.2, 0.25) is 0 Å². The number of pyridine rings is 1. The number of halogens is 1. The summed E-state index contributed by atoms with van der Waals surface area (Å²) in [5.41, 5.74) is 3.11. The van der Waals surface area contributed by atoms with E-state index in [9.17, 15) is 14.7 Å². The number of aryl methyl sites for hydroxylation is 1. The van der Waals surface area contributed by atoms with E-state index < -0.39 is 11.7 Å². The SMILES string of the molecule is Cc1cc2c(cc1C(=O)N1CCc3cc(Br)cnc31)[nH]c(=O)c1nnc(C(O)C3CC3)n12. The number of rotatable bonds is 3. The lowest BCUT2D eigenvalue weighted by Crippen LogP contribution is -2.30. The van der Waals surface area contributed by atoms with Crippen molar-refractivity contribution in [2.24, 2.45) is 5.92 Å². The summed E-state index contributed by atoms with van der Waals surface area (Å²) in [5, 5.41) is 18.8. The Kier molecular flexibility index (Phi) is 4.25. The fourth-order valence-electron chi connectivity index (χ4n) is 4.46. The Bertz CT molecular complexity index is 1490. The number of aromatic amines is 1. The van der Waals surface area contributed by atoms with E-state index >= 15 is 0 Å². The average molecular weight is 495 g/mol. The van der Waals surface area contributed by atoms with Gasteiger partial charge in [-0.3, -0.25) is 18.9 Å². The van der Waals surface area contributed by atoms with Gasteiger partial charge >= 0.3 is 0 Å². The molecule has 3 aromatic heterocycles. The molecule has 1 fully saturated rings. The van der Waals surface area contributed by atoms with Crippen LogP contribution in [0, 0.1) is 12.8 Å². The molecule has 1 aliphatic heterocycles. The molecule has 162 valence electrons. The maximum absolute atomic E-state index is 13.4. The van der Waals surface area contributed by atoms with Gasteiger partial charge in [0.25, 0.3) is 11.5 Å². The van der Waals surface area contributed by atoms with E-state index in [0.717, 1.165) is 34.9 Å². The van der Waals surface area contributed by atoms with Gasteiger partial charge in [-0.05, 0) is 77.4 Å². The first kappa shape index (κ1) is 19.6. The fourth-order valence-corrected chi connectivity index (χ4v) is 4.84. The number of aliphatic hydroxyl groups excluding tert-OH is 1. The highest BCUT2D eigenvalue weighted by Gasteiger charge is 2.35. The third-order valence-electron chi connectivity index (χ3n) is 6.30. The smallest absolute Gasteiger partial charge is 0.294 e. The molecule has 1 saturated carbocycles. The molecule has 4 aromatic rings. The summed E-state index contributed by atoms with van der Waals surface area (Å²) in [6, 6.07) is 5.51. The Morgan fingerprint density at radius 1 is 1.28 bits per heavy atom. The van der Waals surface area contributed by atoms with Crippen molar-refractivity contribution in [2.75, 3.05) is 11.4 Å². The van der Waals surface area contributed by atoms with Crippen LogP contribution in [0.4, 0.5) is 5.82 Å². The predicted octanol–water partition coefficient (Wildman–Crippen LogP) is 2.68. The summed E-state index contributed by atoms with van der Waals surface area (Å²) < 4.78 is 2.50. The lowest BCUT2D eigenvalue weighted by atomic mass is 10.1. The summed E-state index contributed by atoms with van der Waals surface area (Å²) in [7, 11) is 0. The van der Waals surface area contributed by atoms with Gasteiger partial charge in [0.05, 0.1) is 11.0 Å². The van der Waals surface area contributed by atoms with Crippen molar-refractivity contribution in [1.29, 1.82) is 0 Å². The van der Waals surface area contributed by atoms with Crippen molar-refractivity contribution in [2.45, 2.75) is 32.3 Å². The molecule has 9 nitrogen and oxygen atoms in total. The van der Waals surface area contributed by atoms with Gasteiger partial charge in [-0.15, -0.1) is 10.2 Å². The molecule has 10 heteroatoms. The molecule has 6 rings (SSSR count). The first-order chi connectivity index (χ1) is 15.4. The number of fused-ring (bicyclic) bond motifs is 4. The minimum Gasteiger partial charge on any atom is -0.385 e. The Morgan fingerprint density at radius 3 is 2.88 bits per heavy atom. The van der Waals surface area contributed by atoms with E-state index in [1.165, 1.54) is 0 Å². The van der Waals surface area contributed by atoms with E-state index in [2.05, 4.69) is 36.1 Å². The Labute approximate surface area is 190 Å². The number of amides is 1. The van der Waals surface area contributed by atoms with E-state index in [0.29, 0.717) is 34.8 Å². The van der Waals surface area contributed by atoms with Gasteiger partial charge in [0, 0.05) is 22.8 Å². The highest BCUT2D eigenvalue weighted by molar-refractivity contribution is 9.10. The molecular formula is C22H19BrN6O3. The van der Waals surface area contributed by atoms with Gasteiger partial charge in [0.15, 0.2) is 5.82 Å². The van der Waals surface area contributed by atoms with Crippen molar-refractivity contribution < 1.29 is 9.90 Å². The van der Waals surface area contributed by atoms with E-state index in [1.54, 1.807) is 21.6 Å². The minimum atomic E-state index is -0.775. The van der Waals surface area contributed by atoms with Gasteiger partial charge < -0.3 is 10.1 Å². The summed E-state index contributed by atoms with van der Waals surface area (Å²) in [5.74, 6) is 0.998. The summed E-state index contributed by atoms with van der Waals surface area (Å²) in [6.45, 7) is 2.41. The predicted molar refractivity (Wildman–Crippen MR) is 121 cm³/mol. The number of hydrogen-bond acceptors (Lipinski definition) is 6. The van der Waals surface area contributed by atoms with Crippen LogP contribution in [0.15, 0.2) is 33.7 Å². The topological polar surface area (TPSA) is 116 Å². The quantitative estimate of drug-likeness (QED) is 0.452. The molecule has 0 saturated heterocycles. The van der Waals surface area contributed by atoms with Crippen molar-refractivity contribution in [3.63, 3.8) is 0 Å². The van der Waals surface area contributed by atoms with Crippen molar-refractivity contribution in [3.05, 3.63) is 61.7 Å². The molecule has 0 bridgehead atoms. The average Bonchev–Trinajstić information content (AvgIpc) is 3.38. The number of nitrogens with one attached hydrogen (secondary N) is 1. The first-order valence-corrected chi connectivity index (χ1v) is 11.3. The van der Waals surface area contributed by atoms with Crippen LogP contribution in [0.25, 0.3) is 16.7 Å². The van der Waals surface area contributed by atoms with Crippen LogP contribution >= 0.6 is 15.9 Å². The summed E-state index contributed by atoms with van der Waals surface area (Å²) >= 11 is 3.43. The molecule has 0 spiro atoms. The Hall–Kier alpha value is -3.11. The first-order valence-electron chi connectivity index (χ1n) is 10.5. The molecule has 1 aromatic carbocycles. The Balaban J connectivity index is 1.49. The van der Waals surface area contributed by atoms with Crippen LogP contribution in [0.1, 0.15) is 46.3 Å². The second-order valence-electron chi connectivity index (χ2n) is 8.48. The molecule has 0 radical (unpaired) electrons. The Morgan fingerprint density at radius 2 is 2.09 bits per heavy atom. The van der Waals surface area contributed by atoms with Crippen LogP contribution < -0.4 is 10.5 Å². The summed E-state index contributed by atoms with van der Waals surface area (Å²) in [4.78, 5) is 35.0. The van der Waals surface area contributed by atoms with Crippen molar-refractivity contribution >= 4 is 44.3 Å². The highest BCUT2D eigenvalue weighted by atomic mass is 79.9. The van der Waals surface area contributed by atoms with Crippen LogP contribution in [0.5, 0.6) is 0 Å². The van der Waals surface area contributed by atoms with Crippen molar-refractivity contribution in [1.82, 2.24) is 24.6 Å². The number of aliphatic hydroxyl groups is 1. The monoisotopic (exact) mass is 494 g/mol. The van der Waals surface area contributed by atoms with Gasteiger partial charge in [0.1, 0.15) is 11.9 Å². The highest BCUT2D eigenvalue weighted by Crippen LogP contribution is 2.40.